The monoisotopic (exact) mass is 872 g/mol. The number of aromatic nitrogens is 3. The minimum atomic E-state index is -2.28. The number of imidazole rings is 1. The van der Waals surface area contributed by atoms with E-state index in [2.05, 4.69) is 161 Å². The van der Waals surface area contributed by atoms with Crippen molar-refractivity contribution in [3.8, 4) is 89.7 Å². The molecule has 328 valence electrons. The molecule has 10 rings (SSSR count). The molecule has 0 aliphatic rings. The van der Waals surface area contributed by atoms with Crippen LogP contribution in [-0.4, -0.2) is 19.6 Å². The zero-order valence-corrected chi connectivity index (χ0v) is 38.8. The normalized spacial score (nSPS) is 12.7. The summed E-state index contributed by atoms with van der Waals surface area (Å²) >= 11 is 0. The van der Waals surface area contributed by atoms with Crippen molar-refractivity contribution < 1.29 is 9.22 Å². The van der Waals surface area contributed by atoms with Crippen LogP contribution in [0.25, 0.3) is 95.0 Å². The third kappa shape index (κ3) is 8.48. The maximum absolute atomic E-state index is 11.8. The number of para-hydroxylation sites is 1. The number of phenolic OH excluding ortho intramolecular Hbond substituents is 1. The Morgan fingerprint density at radius 2 is 1.04 bits per heavy atom. The van der Waals surface area contributed by atoms with Gasteiger partial charge in [0, 0.05) is 27.0 Å². The highest BCUT2D eigenvalue weighted by molar-refractivity contribution is 5.98. The Labute approximate surface area is 399 Å². The number of pyridine rings is 1. The van der Waals surface area contributed by atoms with Crippen LogP contribution in [0.3, 0.4) is 0 Å². The van der Waals surface area contributed by atoms with E-state index in [4.69, 9.17) is 14.1 Å². The average Bonchev–Trinajstić information content (AvgIpc) is 3.75. The van der Waals surface area contributed by atoms with E-state index in [-0.39, 0.29) is 16.6 Å². The molecule has 8 aromatic carbocycles. The van der Waals surface area contributed by atoms with E-state index < -0.39 is 6.85 Å². The van der Waals surface area contributed by atoms with E-state index in [1.54, 1.807) is 12.1 Å². The minimum Gasteiger partial charge on any atom is -0.507 e. The summed E-state index contributed by atoms with van der Waals surface area (Å²) in [6, 6.07) is 65.8. The fourth-order valence-electron chi connectivity index (χ4n) is 9.06. The second-order valence-corrected chi connectivity index (χ2v) is 19.5. The zero-order chi connectivity index (χ0) is 49.0. The van der Waals surface area contributed by atoms with Gasteiger partial charge in [-0.25, -0.2) is 4.98 Å². The minimum absolute atomic E-state index is 0.0976. The van der Waals surface area contributed by atoms with Crippen LogP contribution in [-0.2, 0) is 10.8 Å². The lowest BCUT2D eigenvalue weighted by atomic mass is 9.84. The summed E-state index contributed by atoms with van der Waals surface area (Å²) in [6.07, 6.45) is 1.82. The lowest BCUT2D eigenvalue weighted by Crippen LogP contribution is -2.12. The van der Waals surface area contributed by atoms with Crippen molar-refractivity contribution in [3.05, 3.63) is 217 Å². The molecule has 4 nitrogen and oxygen atoms in total. The molecule has 10 aromatic rings. The Bertz CT molecular complexity index is 3550. The largest absolute Gasteiger partial charge is 0.507 e. The molecule has 0 saturated carbocycles. The van der Waals surface area contributed by atoms with Crippen molar-refractivity contribution in [1.82, 2.24) is 14.5 Å². The quantitative estimate of drug-likeness (QED) is 0.165. The van der Waals surface area contributed by atoms with Crippen molar-refractivity contribution >= 4 is 11.0 Å². The van der Waals surface area contributed by atoms with Crippen LogP contribution in [0, 0.1) is 6.85 Å². The van der Waals surface area contributed by atoms with Gasteiger partial charge in [-0.05, 0) is 146 Å². The standard InChI is InChI=1S/C63H55N3O/c1-41-26-27-45(37-53(41)43-20-13-9-14-21-43)46-32-33-64-56(38-46)49-35-47(42-18-11-8-12-19-42)34-48(36-49)52-24-17-25-58-60(52)65-61(55-40-51(63(5,6)7)29-31-59(55)67)66(58)57-30-28-50(62(2,3)4)39-54(57)44-22-15-10-16-23-44/h8-40,67H,1-7H3/i1D3. The van der Waals surface area contributed by atoms with Gasteiger partial charge in [0.05, 0.1) is 28.0 Å². The number of hydrogen-bond donors (Lipinski definition) is 1. The van der Waals surface area contributed by atoms with E-state index in [1.807, 2.05) is 72.9 Å². The second kappa shape index (κ2) is 17.2. The molecule has 0 aliphatic heterocycles. The first-order valence-corrected chi connectivity index (χ1v) is 22.9. The first-order chi connectivity index (χ1) is 33.5. The molecule has 4 heteroatoms. The summed E-state index contributed by atoms with van der Waals surface area (Å²) in [7, 11) is 0. The maximum atomic E-state index is 11.8. The highest BCUT2D eigenvalue weighted by Gasteiger charge is 2.26. The van der Waals surface area contributed by atoms with Gasteiger partial charge >= 0.3 is 0 Å². The number of benzene rings is 8. The first-order valence-electron chi connectivity index (χ1n) is 24.4. The summed E-state index contributed by atoms with van der Waals surface area (Å²) in [6.45, 7) is 11.0. The van der Waals surface area contributed by atoms with Crippen LogP contribution in [0.4, 0.5) is 0 Å². The molecule has 1 N–H and O–H groups in total. The number of phenols is 1. The van der Waals surface area contributed by atoms with E-state index >= 15 is 0 Å². The molecule has 2 heterocycles. The van der Waals surface area contributed by atoms with Gasteiger partial charge in [0.25, 0.3) is 0 Å². The molecule has 0 aliphatic carbocycles. The Morgan fingerprint density at radius 3 is 1.72 bits per heavy atom. The number of rotatable bonds is 8. The molecule has 0 bridgehead atoms. The van der Waals surface area contributed by atoms with Gasteiger partial charge in [-0.15, -0.1) is 0 Å². The molecule has 0 atom stereocenters. The summed E-state index contributed by atoms with van der Waals surface area (Å²) in [5.41, 5.74) is 16.8. The van der Waals surface area contributed by atoms with Gasteiger partial charge in [-0.1, -0.05) is 169 Å². The summed E-state index contributed by atoms with van der Waals surface area (Å²) in [5.74, 6) is 0.793. The van der Waals surface area contributed by atoms with Crippen LogP contribution in [0.5, 0.6) is 5.75 Å². The summed E-state index contributed by atoms with van der Waals surface area (Å²) in [4.78, 5) is 10.6. The van der Waals surface area contributed by atoms with Crippen molar-refractivity contribution in [2.45, 2.75) is 59.2 Å². The van der Waals surface area contributed by atoms with Crippen LogP contribution >= 0.6 is 0 Å². The number of nitrogens with zero attached hydrogens (tertiary/aromatic N) is 3. The predicted octanol–water partition coefficient (Wildman–Crippen LogP) is 16.7. The topological polar surface area (TPSA) is 50.9 Å². The lowest BCUT2D eigenvalue weighted by Gasteiger charge is -2.23. The third-order valence-corrected chi connectivity index (χ3v) is 12.8. The molecule has 0 unspecified atom stereocenters. The Kier molecular flexibility index (Phi) is 10.1. The van der Waals surface area contributed by atoms with Gasteiger partial charge in [0.1, 0.15) is 11.6 Å². The van der Waals surface area contributed by atoms with Gasteiger partial charge in [-0.2, -0.15) is 0 Å². The predicted molar refractivity (Wildman–Crippen MR) is 281 cm³/mol. The average molecular weight is 873 g/mol. The van der Waals surface area contributed by atoms with E-state index in [1.165, 1.54) is 5.56 Å². The Balaban J connectivity index is 1.20. The lowest BCUT2D eigenvalue weighted by molar-refractivity contribution is 0.475. The number of fused-ring (bicyclic) bond motifs is 1. The SMILES string of the molecule is [2H]C([2H])([2H])c1ccc(-c2ccnc(-c3cc(-c4ccccc4)cc(-c4cccc5c4nc(-c4cc(C(C)(C)C)ccc4O)n5-c4ccc(C(C)(C)C)cc4-c4ccccc4)c3)c2)cc1-c1ccccc1. The Hall–Kier alpha value is -7.82. The molecule has 0 fully saturated rings. The molecule has 2 aromatic heterocycles. The van der Waals surface area contributed by atoms with Gasteiger partial charge in [0.2, 0.25) is 0 Å². The number of aryl methyl sites for hydroxylation is 1. The van der Waals surface area contributed by atoms with Gasteiger partial charge in [0.15, 0.2) is 0 Å². The molecular weight excluding hydrogens is 815 g/mol. The second-order valence-electron chi connectivity index (χ2n) is 19.5. The molecule has 67 heavy (non-hydrogen) atoms. The summed E-state index contributed by atoms with van der Waals surface area (Å²) in [5, 5.41) is 11.8. The molecule has 0 saturated heterocycles. The Morgan fingerprint density at radius 1 is 0.448 bits per heavy atom. The van der Waals surface area contributed by atoms with Crippen LogP contribution in [0.15, 0.2) is 200 Å². The van der Waals surface area contributed by atoms with E-state index in [9.17, 15) is 5.11 Å². The highest BCUT2D eigenvalue weighted by atomic mass is 16.3. The fourth-order valence-corrected chi connectivity index (χ4v) is 9.06. The van der Waals surface area contributed by atoms with Gasteiger partial charge in [-0.3, -0.25) is 9.55 Å². The molecule has 0 spiro atoms. The fraction of sp³-hybridized carbons (Fsp3) is 0.143. The number of hydrogen-bond acceptors (Lipinski definition) is 3. The maximum Gasteiger partial charge on any atom is 0.149 e. The highest BCUT2D eigenvalue weighted by Crippen LogP contribution is 2.43. The molecule has 0 amide bonds. The zero-order valence-electron chi connectivity index (χ0n) is 41.8. The van der Waals surface area contributed by atoms with Crippen LogP contribution in [0.1, 0.15) is 62.3 Å². The third-order valence-electron chi connectivity index (χ3n) is 12.8. The smallest absolute Gasteiger partial charge is 0.149 e. The van der Waals surface area contributed by atoms with Gasteiger partial charge < -0.3 is 5.11 Å². The van der Waals surface area contributed by atoms with E-state index in [0.717, 1.165) is 83.6 Å². The molecule has 0 radical (unpaired) electrons. The van der Waals surface area contributed by atoms with Crippen molar-refractivity contribution in [2.24, 2.45) is 0 Å². The van der Waals surface area contributed by atoms with Crippen molar-refractivity contribution in [3.63, 3.8) is 0 Å². The molecular formula is C63H55N3O. The van der Waals surface area contributed by atoms with Crippen LogP contribution < -0.4 is 0 Å². The van der Waals surface area contributed by atoms with Crippen molar-refractivity contribution in [1.29, 1.82) is 0 Å². The number of aromatic hydroxyl groups is 1. The first kappa shape index (κ1) is 39.5. The summed E-state index contributed by atoms with van der Waals surface area (Å²) < 4.78 is 27.2. The van der Waals surface area contributed by atoms with E-state index in [0.29, 0.717) is 22.5 Å². The van der Waals surface area contributed by atoms with Crippen LogP contribution in [0.2, 0.25) is 0 Å². The van der Waals surface area contributed by atoms with Crippen molar-refractivity contribution in [2.75, 3.05) is 0 Å².